The molecule has 1 N–H and O–H groups in total. The van der Waals surface area contributed by atoms with Crippen molar-refractivity contribution in [1.82, 2.24) is 10.3 Å². The molecule has 12 heteroatoms. The number of carbonyl (C=O) groups is 3. The summed E-state index contributed by atoms with van der Waals surface area (Å²) in [7, 11) is 3.06. The number of cyclic esters (lactones) is 1. The van der Waals surface area contributed by atoms with Crippen molar-refractivity contribution in [3.63, 3.8) is 0 Å². The van der Waals surface area contributed by atoms with Crippen molar-refractivity contribution < 1.29 is 47.5 Å². The highest BCUT2D eigenvalue weighted by atomic mass is 16.7. The van der Waals surface area contributed by atoms with Gasteiger partial charge in [-0.25, -0.2) is 14.6 Å². The van der Waals surface area contributed by atoms with E-state index in [4.69, 9.17) is 33.2 Å². The molecule has 0 aliphatic carbocycles. The van der Waals surface area contributed by atoms with Crippen LogP contribution in [0.25, 0.3) is 0 Å². The number of hydrogen-bond acceptors (Lipinski definition) is 11. The summed E-state index contributed by atoms with van der Waals surface area (Å²) in [6.45, 7) is 8.46. The zero-order valence-corrected chi connectivity index (χ0v) is 24.4. The van der Waals surface area contributed by atoms with Crippen molar-refractivity contribution in [2.45, 2.75) is 71.6 Å². The average Bonchev–Trinajstić information content (AvgIpc) is 2.97. The van der Waals surface area contributed by atoms with Crippen LogP contribution < -0.4 is 14.8 Å². The van der Waals surface area contributed by atoms with Crippen LogP contribution in [0.15, 0.2) is 12.3 Å². The number of carbonyl (C=O) groups excluding carboxylic acids is 3. The van der Waals surface area contributed by atoms with Crippen molar-refractivity contribution in [2.24, 2.45) is 11.8 Å². The molecule has 0 radical (unpaired) electrons. The summed E-state index contributed by atoms with van der Waals surface area (Å²) in [6.07, 6.45) is 3.13. The first-order chi connectivity index (χ1) is 19.2. The van der Waals surface area contributed by atoms with Crippen LogP contribution in [0, 0.1) is 11.8 Å². The molecule has 2 heterocycles. The fraction of sp³-hybridized carbons (Fsp3) is 0.714. The van der Waals surface area contributed by atoms with Crippen LogP contribution in [0.4, 0.5) is 0 Å². The molecule has 0 spiro atoms. The molecule has 0 bridgehead atoms. The van der Waals surface area contributed by atoms with Crippen molar-refractivity contribution in [1.29, 1.82) is 0 Å². The van der Waals surface area contributed by atoms with E-state index in [0.717, 1.165) is 12.8 Å². The van der Waals surface area contributed by atoms with Gasteiger partial charge in [-0.2, -0.15) is 0 Å². The molecule has 2 rings (SSSR count). The summed E-state index contributed by atoms with van der Waals surface area (Å²) in [6, 6.07) is 0.591. The van der Waals surface area contributed by atoms with Gasteiger partial charge in [0.05, 0.1) is 13.2 Å². The highest BCUT2D eigenvalue weighted by Crippen LogP contribution is 2.30. The Hall–Kier alpha value is -2.96. The summed E-state index contributed by atoms with van der Waals surface area (Å²) in [4.78, 5) is 42.4. The van der Waals surface area contributed by atoms with Crippen LogP contribution in [-0.2, 0) is 33.3 Å². The Bertz CT molecular complexity index is 942. The summed E-state index contributed by atoms with van der Waals surface area (Å²) in [5.41, 5.74) is -0.128. The molecule has 0 aromatic carbocycles. The number of nitrogens with zero attached hydrogens (tertiary/aromatic N) is 1. The summed E-state index contributed by atoms with van der Waals surface area (Å²) >= 11 is 0. The molecule has 4 unspecified atom stereocenters. The zero-order valence-electron chi connectivity index (χ0n) is 24.4. The van der Waals surface area contributed by atoms with E-state index in [1.165, 1.54) is 19.4 Å². The minimum atomic E-state index is -0.910. The van der Waals surface area contributed by atoms with E-state index in [1.807, 2.05) is 6.92 Å². The molecule has 1 aromatic rings. The monoisotopic (exact) mass is 568 g/mol. The molecule has 1 aliphatic rings. The number of ether oxygens (including phenoxy) is 7. The highest BCUT2D eigenvalue weighted by Gasteiger charge is 2.35. The Morgan fingerprint density at radius 2 is 2.00 bits per heavy atom. The van der Waals surface area contributed by atoms with Crippen LogP contribution in [-0.4, -0.2) is 88.5 Å². The first-order valence-corrected chi connectivity index (χ1v) is 13.7. The Morgan fingerprint density at radius 3 is 2.67 bits per heavy atom. The van der Waals surface area contributed by atoms with Crippen molar-refractivity contribution >= 4 is 17.8 Å². The lowest BCUT2D eigenvalue weighted by atomic mass is 9.89. The van der Waals surface area contributed by atoms with Gasteiger partial charge in [-0.1, -0.05) is 20.3 Å². The molecule has 1 fully saturated rings. The average molecular weight is 569 g/mol. The van der Waals surface area contributed by atoms with Gasteiger partial charge in [-0.05, 0) is 44.9 Å². The van der Waals surface area contributed by atoms with Crippen molar-refractivity contribution in [3.8, 4) is 11.5 Å². The van der Waals surface area contributed by atoms with Gasteiger partial charge < -0.3 is 38.5 Å². The number of nitrogens with one attached hydrogen (secondary N) is 1. The SMILES string of the molecule is CCOCC(=O)OCOc1c(OC)ccnc1C(=O)NC1CCCC(CCOC)C(OCC(C)C)C(C)OC1=O. The molecule has 40 heavy (non-hydrogen) atoms. The van der Waals surface area contributed by atoms with Gasteiger partial charge in [0.15, 0.2) is 17.2 Å². The fourth-order valence-corrected chi connectivity index (χ4v) is 4.37. The van der Waals surface area contributed by atoms with Gasteiger partial charge in [-0.3, -0.25) is 4.79 Å². The molecular weight excluding hydrogens is 524 g/mol. The van der Waals surface area contributed by atoms with Crippen LogP contribution >= 0.6 is 0 Å². The normalized spacial score (nSPS) is 21.5. The number of amides is 1. The number of methoxy groups -OCH3 is 2. The molecule has 0 saturated carbocycles. The van der Waals surface area contributed by atoms with Crippen LogP contribution in [0.3, 0.4) is 0 Å². The van der Waals surface area contributed by atoms with Crippen LogP contribution in [0.2, 0.25) is 0 Å². The van der Waals surface area contributed by atoms with Crippen molar-refractivity contribution in [2.75, 3.05) is 47.4 Å². The molecule has 1 amide bonds. The van der Waals surface area contributed by atoms with Crippen LogP contribution in [0.1, 0.15) is 63.9 Å². The predicted octanol–water partition coefficient (Wildman–Crippen LogP) is 2.91. The lowest BCUT2D eigenvalue weighted by Gasteiger charge is -2.31. The second-order valence-electron chi connectivity index (χ2n) is 9.94. The van der Waals surface area contributed by atoms with Crippen molar-refractivity contribution in [3.05, 3.63) is 18.0 Å². The van der Waals surface area contributed by atoms with Gasteiger partial charge >= 0.3 is 11.9 Å². The minimum Gasteiger partial charge on any atom is -0.493 e. The number of rotatable bonds is 15. The van der Waals surface area contributed by atoms with E-state index in [0.29, 0.717) is 38.6 Å². The molecule has 4 atom stereocenters. The second-order valence-corrected chi connectivity index (χ2v) is 9.94. The summed E-state index contributed by atoms with van der Waals surface area (Å²) in [5.74, 6) is -1.21. The molecule has 1 aliphatic heterocycles. The molecular formula is C28H44N2O10. The summed E-state index contributed by atoms with van der Waals surface area (Å²) < 4.78 is 38.2. The van der Waals surface area contributed by atoms with Gasteiger partial charge in [0.1, 0.15) is 18.8 Å². The van der Waals surface area contributed by atoms with E-state index in [-0.39, 0.29) is 35.8 Å². The third kappa shape index (κ3) is 10.5. The van der Waals surface area contributed by atoms with Gasteiger partial charge in [0.25, 0.3) is 5.91 Å². The Labute approximate surface area is 236 Å². The standard InChI is InChI=1S/C28H44N2O10/c1-7-36-16-23(31)38-17-39-26-22(35-6)11-13-29-24(26)27(32)30-21-10-8-9-20(12-14-34-5)25(37-15-18(2)3)19(4)40-28(21)33/h11,13,18-21,25H,7-10,12,14-17H2,1-6H3,(H,30,32). The number of hydrogen-bond donors (Lipinski definition) is 1. The largest absolute Gasteiger partial charge is 0.493 e. The van der Waals surface area contributed by atoms with Gasteiger partial charge in [0.2, 0.25) is 6.79 Å². The molecule has 1 saturated heterocycles. The van der Waals surface area contributed by atoms with Crippen LogP contribution in [0.5, 0.6) is 11.5 Å². The molecule has 1 aromatic heterocycles. The predicted molar refractivity (Wildman–Crippen MR) is 144 cm³/mol. The number of pyridine rings is 1. The maximum Gasteiger partial charge on any atom is 0.334 e. The molecule has 226 valence electrons. The lowest BCUT2D eigenvalue weighted by Crippen LogP contribution is -2.45. The topological polar surface area (TPSA) is 141 Å². The Kier molecular flexibility index (Phi) is 14.7. The second kappa shape index (κ2) is 17.7. The maximum atomic E-state index is 13.3. The quantitative estimate of drug-likeness (QED) is 0.247. The van der Waals surface area contributed by atoms with E-state index in [9.17, 15) is 14.4 Å². The third-order valence-corrected chi connectivity index (χ3v) is 6.35. The number of esters is 2. The zero-order chi connectivity index (χ0) is 29.5. The highest BCUT2D eigenvalue weighted by molar-refractivity contribution is 5.98. The fourth-order valence-electron chi connectivity index (χ4n) is 4.37. The van der Waals surface area contributed by atoms with Gasteiger partial charge in [0, 0.05) is 39.2 Å². The smallest absolute Gasteiger partial charge is 0.334 e. The maximum absolute atomic E-state index is 13.3. The third-order valence-electron chi connectivity index (χ3n) is 6.35. The van der Waals surface area contributed by atoms with E-state index >= 15 is 0 Å². The summed E-state index contributed by atoms with van der Waals surface area (Å²) in [5, 5.41) is 2.74. The number of aromatic nitrogens is 1. The first-order valence-electron chi connectivity index (χ1n) is 13.7. The minimum absolute atomic E-state index is 0.0294. The lowest BCUT2D eigenvalue weighted by molar-refractivity contribution is -0.162. The van der Waals surface area contributed by atoms with Gasteiger partial charge in [-0.15, -0.1) is 0 Å². The Morgan fingerprint density at radius 1 is 1.23 bits per heavy atom. The molecule has 12 nitrogen and oxygen atoms in total. The van der Waals surface area contributed by atoms with E-state index < -0.39 is 36.8 Å². The first kappa shape index (κ1) is 33.2. The Balaban J connectivity index is 2.16. The van der Waals surface area contributed by atoms with E-state index in [2.05, 4.69) is 24.1 Å². The van der Waals surface area contributed by atoms with E-state index in [1.54, 1.807) is 14.0 Å².